The minimum Gasteiger partial charge on any atom is -0.444 e. The number of amides is 2. The number of aldehydes is 1. The minimum absolute atomic E-state index is 0.389. The van der Waals surface area contributed by atoms with Crippen LogP contribution >= 0.6 is 102 Å². The van der Waals surface area contributed by atoms with Crippen LogP contribution in [-0.2, 0) is 46.2 Å². The molecule has 0 bridgehead atoms. The second kappa shape index (κ2) is 48.8. The topological polar surface area (TPSA) is 325 Å². The Labute approximate surface area is 768 Å². The number of benzene rings is 8. The summed E-state index contributed by atoms with van der Waals surface area (Å²) < 4.78 is 41.0. The zero-order valence-electron chi connectivity index (χ0n) is 69.9. The average Bonchev–Trinajstić information content (AvgIpc) is 0.807. The summed E-state index contributed by atoms with van der Waals surface area (Å²) in [7, 11) is -1.56. The molecule has 2 saturated heterocycles. The van der Waals surface area contributed by atoms with Gasteiger partial charge in [-0.15, -0.1) is 0 Å². The fourth-order valence-electron chi connectivity index (χ4n) is 11.3. The van der Waals surface area contributed by atoms with E-state index in [1.165, 1.54) is 10.9 Å². The summed E-state index contributed by atoms with van der Waals surface area (Å²) in [5.74, 6) is 0. The Morgan fingerprint density at radius 1 is 0.443 bits per heavy atom. The number of aromatic nitrogens is 4. The van der Waals surface area contributed by atoms with E-state index >= 15 is 0 Å². The van der Waals surface area contributed by atoms with Gasteiger partial charge in [0.15, 0.2) is 6.29 Å². The van der Waals surface area contributed by atoms with Gasteiger partial charge >= 0.3 is 31.6 Å². The molecule has 2 aliphatic heterocycles. The number of nitrogen functional groups attached to an aromatic ring is 2. The molecule has 0 aliphatic carbocycles. The van der Waals surface area contributed by atoms with Crippen LogP contribution in [0.2, 0.25) is 0 Å². The standard InChI is InChI=1S/C20H21N3O.C15H18BNO4.C15H16BrNO2.C10H13BrN2O.C10H8BrN.C10H18O5.C6H4BrNO.C5H3BrIN/c21-20-8-7-17(18-3-1-2-4-19(18)20)15-5-6-16(22-13-15)14-23-9-11-24-12-10-23;1-15(2,3)21-14(18)17-13-9-8-12(16(19)20)10-6-4-5-7-11(10)13;1-15(2,3)19-14(18)17-13-9-8-12(16)10-6-4-5-7-11(10)13;11-9-1-2-10(12-7-9)8-13-3-5-14-6-4-13;11-9-5-6-10(12)8-4-2-1-3-7(8)9;1-9(2,3)14-7(11)13-8(12)15-10(4,5)6;7-5-1-2-6(4-9)8-3-5;6-4-1-2-5(7)8-3-4/h1-8,13H,9-12,14,21H2;4-9,19-20H,1-3H3,(H,17,18);4-9H,1-3H3,(H,17,18);1-2,7H,3-6,8H2;1-6H,12H2;1-6H3;1-4H;1-3H. The number of nitrogens with one attached hydrogen (secondary N) is 2. The Balaban J connectivity index is 0.000000196. The predicted molar refractivity (Wildman–Crippen MR) is 512 cm³/mol. The van der Waals surface area contributed by atoms with Crippen LogP contribution in [0.4, 0.5) is 41.9 Å². The summed E-state index contributed by atoms with van der Waals surface area (Å²) in [6.45, 7) is 30.0. The number of fused-ring (bicyclic) bond motifs is 4. The van der Waals surface area contributed by atoms with Crippen LogP contribution in [-0.4, -0.2) is 153 Å². The van der Waals surface area contributed by atoms with Gasteiger partial charge < -0.3 is 54.7 Å². The molecule has 6 heterocycles. The molecule has 644 valence electrons. The van der Waals surface area contributed by atoms with E-state index in [1.807, 2.05) is 142 Å². The average molecular weight is 2100 g/mol. The fraction of sp³-hybridized carbons (Fsp3) is 0.286. The third kappa shape index (κ3) is 36.0. The lowest BCUT2D eigenvalue weighted by atomic mass is 9.77. The fourth-order valence-corrected chi connectivity index (χ4v) is 13.3. The molecular formula is C91H101BBr5IN10O14. The van der Waals surface area contributed by atoms with Gasteiger partial charge in [0.1, 0.15) is 31.8 Å². The van der Waals surface area contributed by atoms with Crippen molar-refractivity contribution in [3.05, 3.63) is 262 Å². The molecule has 8 N–H and O–H groups in total. The summed E-state index contributed by atoms with van der Waals surface area (Å²) in [6.07, 6.45) is 4.78. The van der Waals surface area contributed by atoms with Gasteiger partial charge in [0.25, 0.3) is 0 Å². The number of nitrogens with two attached hydrogens (primary N) is 2. The Morgan fingerprint density at radius 2 is 0.820 bits per heavy atom. The molecule has 24 nitrogen and oxygen atoms in total. The normalized spacial score (nSPS) is 12.7. The van der Waals surface area contributed by atoms with Crippen molar-refractivity contribution in [2.45, 2.75) is 119 Å². The molecule has 122 heavy (non-hydrogen) atoms. The van der Waals surface area contributed by atoms with Gasteiger partial charge in [-0.2, -0.15) is 0 Å². The van der Waals surface area contributed by atoms with E-state index in [9.17, 15) is 34.0 Å². The van der Waals surface area contributed by atoms with Gasteiger partial charge in [-0.25, -0.2) is 24.2 Å². The number of hydrogen-bond acceptors (Lipinski definition) is 22. The molecule has 2 aliphatic rings. The highest BCUT2D eigenvalue weighted by Crippen LogP contribution is 2.34. The first-order valence-electron chi connectivity index (χ1n) is 38.6. The van der Waals surface area contributed by atoms with Gasteiger partial charge in [-0.1, -0.05) is 147 Å². The maximum absolute atomic E-state index is 11.9. The highest BCUT2D eigenvalue weighted by atomic mass is 127. The van der Waals surface area contributed by atoms with Crippen LogP contribution in [0.25, 0.3) is 54.2 Å². The maximum Gasteiger partial charge on any atom is 0.519 e. The van der Waals surface area contributed by atoms with Crippen molar-refractivity contribution in [1.29, 1.82) is 0 Å². The van der Waals surface area contributed by atoms with Gasteiger partial charge in [0.05, 0.1) is 49.2 Å². The van der Waals surface area contributed by atoms with Gasteiger partial charge in [-0.3, -0.25) is 40.2 Å². The molecule has 2 fully saturated rings. The Morgan fingerprint density at radius 3 is 1.22 bits per heavy atom. The molecule has 0 spiro atoms. The molecule has 14 rings (SSSR count). The van der Waals surface area contributed by atoms with Gasteiger partial charge in [0, 0.05) is 125 Å². The molecule has 31 heteroatoms. The first-order chi connectivity index (χ1) is 57.7. The SMILES string of the molecule is Brc1ccc(CN2CCOCC2)nc1.Brc1ccc(I)nc1.CC(C)(C)OC(=O)Nc1ccc(B(O)O)c2ccccc12.CC(C)(C)OC(=O)Nc1ccc(Br)c2ccccc12.CC(C)(C)OC(=O)OC(=O)OC(C)(C)C.Nc1ccc(-c2ccc(CN3CCOCC3)nc2)c2ccccc12.Nc1ccc(Br)c2ccccc12.O=Cc1ccc(Br)cn1. The molecule has 0 saturated carbocycles. The van der Waals surface area contributed by atoms with E-state index in [1.54, 1.807) is 117 Å². The number of halogens is 6. The molecule has 4 aromatic heterocycles. The third-order valence-electron chi connectivity index (χ3n) is 16.7. The number of anilines is 4. The van der Waals surface area contributed by atoms with Crippen LogP contribution in [0.3, 0.4) is 0 Å². The monoisotopic (exact) mass is 2090 g/mol. The summed E-state index contributed by atoms with van der Waals surface area (Å²) in [5.41, 5.74) is 17.7. The Bertz CT molecular complexity index is 5300. The van der Waals surface area contributed by atoms with E-state index < -0.39 is 54.0 Å². The first-order valence-corrected chi connectivity index (χ1v) is 43.6. The quantitative estimate of drug-likeness (QED) is 0.0114. The number of carbonyl (C=O) groups is 5. The van der Waals surface area contributed by atoms with Crippen molar-refractivity contribution >= 4 is 211 Å². The second-order valence-corrected chi connectivity index (χ2v) is 36.6. The van der Waals surface area contributed by atoms with E-state index in [4.69, 9.17) is 39.9 Å². The van der Waals surface area contributed by atoms with Crippen LogP contribution in [0.1, 0.15) is 105 Å². The summed E-state index contributed by atoms with van der Waals surface area (Å²) >= 11 is 19.0. The number of ether oxygens (including phenoxy) is 7. The lowest BCUT2D eigenvalue weighted by Gasteiger charge is -2.26. The lowest BCUT2D eigenvalue weighted by Crippen LogP contribution is -2.35. The van der Waals surface area contributed by atoms with Crippen molar-refractivity contribution in [2.75, 3.05) is 74.7 Å². The number of morpholine rings is 2. The summed E-state index contributed by atoms with van der Waals surface area (Å²) in [5, 5.41) is 32.2. The van der Waals surface area contributed by atoms with Crippen molar-refractivity contribution in [3.63, 3.8) is 0 Å². The zero-order chi connectivity index (χ0) is 89.3. The van der Waals surface area contributed by atoms with Crippen LogP contribution < -0.4 is 27.6 Å². The summed E-state index contributed by atoms with van der Waals surface area (Å²) in [4.78, 5) is 77.3. The number of pyridine rings is 4. The Hall–Kier alpha value is -9.10. The van der Waals surface area contributed by atoms with E-state index in [0.717, 1.165) is 153 Å². The smallest absolute Gasteiger partial charge is 0.444 e. The van der Waals surface area contributed by atoms with Crippen molar-refractivity contribution in [3.8, 4) is 11.1 Å². The molecule has 0 atom stereocenters. The van der Waals surface area contributed by atoms with Crippen LogP contribution in [0.5, 0.6) is 0 Å². The highest BCUT2D eigenvalue weighted by molar-refractivity contribution is 14.1. The number of carbonyl (C=O) groups excluding carboxylic acids is 5. The van der Waals surface area contributed by atoms with E-state index in [-0.39, 0.29) is 0 Å². The highest BCUT2D eigenvalue weighted by Gasteiger charge is 2.26. The summed E-state index contributed by atoms with van der Waals surface area (Å²) in [6, 6.07) is 62.0. The second-order valence-electron chi connectivity index (χ2n) is 31.1. The van der Waals surface area contributed by atoms with Crippen molar-refractivity contribution in [2.24, 2.45) is 0 Å². The molecule has 0 unspecified atom stereocenters. The molecule has 8 aromatic carbocycles. The predicted octanol–water partition coefficient (Wildman–Crippen LogP) is 22.0. The molecule has 12 aromatic rings. The lowest BCUT2D eigenvalue weighted by molar-refractivity contribution is -0.0294. The van der Waals surface area contributed by atoms with Crippen LogP contribution in [0, 0.1) is 3.70 Å². The number of hydrogen-bond donors (Lipinski definition) is 6. The van der Waals surface area contributed by atoms with Crippen molar-refractivity contribution < 1.29 is 67.2 Å². The van der Waals surface area contributed by atoms with Gasteiger partial charge in [0.2, 0.25) is 0 Å². The van der Waals surface area contributed by atoms with Crippen LogP contribution in [0.15, 0.2) is 241 Å². The largest absolute Gasteiger partial charge is 0.519 e. The number of rotatable bonds is 9. The number of nitrogens with zero attached hydrogens (tertiary/aromatic N) is 6. The minimum atomic E-state index is -1.56. The van der Waals surface area contributed by atoms with E-state index in [0.29, 0.717) is 33.9 Å². The van der Waals surface area contributed by atoms with Gasteiger partial charge in [-0.05, 0) is 265 Å². The first kappa shape index (κ1) is 100. The molecule has 2 amide bonds. The molecular weight excluding hydrogens is 1990 g/mol. The van der Waals surface area contributed by atoms with E-state index in [2.05, 4.69) is 190 Å². The zero-order valence-corrected chi connectivity index (χ0v) is 80.0. The van der Waals surface area contributed by atoms with Crippen molar-refractivity contribution in [1.82, 2.24) is 29.7 Å². The Kier molecular flexibility index (Phi) is 40.0. The molecule has 0 radical (unpaired) electrons. The third-order valence-corrected chi connectivity index (χ3v) is 20.1. The maximum atomic E-state index is 11.9.